The van der Waals surface area contributed by atoms with Gasteiger partial charge in [0.25, 0.3) is 10.0 Å². The number of ether oxygens (including phenoxy) is 1. The Balaban J connectivity index is 1.50. The Morgan fingerprint density at radius 2 is 1.84 bits per heavy atom. The van der Waals surface area contributed by atoms with E-state index in [4.69, 9.17) is 15.7 Å². The summed E-state index contributed by atoms with van der Waals surface area (Å²) in [4.78, 5) is 0.114. The predicted molar refractivity (Wildman–Crippen MR) is 122 cm³/mol. The van der Waals surface area contributed by atoms with Gasteiger partial charge >= 0.3 is 0 Å². The van der Waals surface area contributed by atoms with Gasteiger partial charge in [-0.3, -0.25) is 4.72 Å². The van der Waals surface area contributed by atoms with Gasteiger partial charge in [0.15, 0.2) is 0 Å². The van der Waals surface area contributed by atoms with Gasteiger partial charge in [-0.05, 0) is 55.2 Å². The van der Waals surface area contributed by atoms with Crippen LogP contribution in [0.5, 0.6) is 5.75 Å². The molecule has 0 spiro atoms. The fraction of sp³-hybridized carbons (Fsp3) is 0.304. The van der Waals surface area contributed by atoms with Crippen molar-refractivity contribution in [2.75, 3.05) is 17.1 Å². The van der Waals surface area contributed by atoms with Crippen molar-refractivity contribution in [2.24, 2.45) is 5.92 Å². The number of nitrogen functional groups attached to an aromatic ring is 1. The molecule has 1 aliphatic rings. The van der Waals surface area contributed by atoms with Gasteiger partial charge in [0, 0.05) is 0 Å². The number of benzene rings is 2. The third-order valence-electron chi connectivity index (χ3n) is 5.65. The lowest BCUT2D eigenvalue weighted by molar-refractivity contribution is 0.209. The molecule has 1 aliphatic carbocycles. The molecule has 0 amide bonds. The van der Waals surface area contributed by atoms with Crippen molar-refractivity contribution >= 4 is 21.5 Å². The number of sulfonamides is 1. The minimum Gasteiger partial charge on any atom is -0.493 e. The second kappa shape index (κ2) is 9.32. The number of anilines is 2. The first-order chi connectivity index (χ1) is 15.5. The molecule has 0 radical (unpaired) electrons. The van der Waals surface area contributed by atoms with Crippen LogP contribution in [0.4, 0.5) is 11.5 Å². The molecule has 2 aromatic carbocycles. The van der Waals surface area contributed by atoms with Crippen molar-refractivity contribution in [3.05, 3.63) is 60.3 Å². The third-order valence-corrected chi connectivity index (χ3v) is 7.03. The van der Waals surface area contributed by atoms with Crippen LogP contribution < -0.4 is 15.2 Å². The third kappa shape index (κ3) is 4.70. The lowest BCUT2D eigenvalue weighted by Crippen LogP contribution is -2.16. The van der Waals surface area contributed by atoms with E-state index < -0.39 is 10.0 Å². The van der Waals surface area contributed by atoms with Gasteiger partial charge in [-0.1, -0.05) is 31.4 Å². The number of nitrogens with zero attached hydrogens (tertiary/aromatic N) is 3. The fourth-order valence-corrected chi connectivity index (χ4v) is 4.94. The van der Waals surface area contributed by atoms with E-state index in [0.29, 0.717) is 29.6 Å². The highest BCUT2D eigenvalue weighted by Crippen LogP contribution is 2.28. The maximum absolute atomic E-state index is 13.0. The lowest BCUT2D eigenvalue weighted by atomic mass is 9.90. The van der Waals surface area contributed by atoms with E-state index in [2.05, 4.69) is 9.82 Å². The van der Waals surface area contributed by atoms with Crippen molar-refractivity contribution in [3.63, 3.8) is 0 Å². The maximum Gasteiger partial charge on any atom is 0.261 e. The Hall–Kier alpha value is -3.51. The van der Waals surface area contributed by atoms with Crippen molar-refractivity contribution in [1.29, 1.82) is 5.26 Å². The standard InChI is InChI=1S/C23H25N5O3S/c24-14-18-15-26-28(23(18)25)22-9-5-4-8-21(22)27-32(29,30)20-12-10-19(11-13-20)31-16-17-6-2-1-3-7-17/h4-5,8-13,15,17,27H,1-3,6-7,16,25H2. The monoisotopic (exact) mass is 451 g/mol. The molecule has 1 fully saturated rings. The van der Waals surface area contributed by atoms with Crippen molar-refractivity contribution in [1.82, 2.24) is 9.78 Å². The summed E-state index contributed by atoms with van der Waals surface area (Å²) in [5.41, 5.74) is 6.90. The molecule has 9 heteroatoms. The van der Waals surface area contributed by atoms with Crippen molar-refractivity contribution < 1.29 is 13.2 Å². The topological polar surface area (TPSA) is 123 Å². The van der Waals surface area contributed by atoms with E-state index in [9.17, 15) is 8.42 Å². The van der Waals surface area contributed by atoms with Gasteiger partial charge in [-0.15, -0.1) is 0 Å². The van der Waals surface area contributed by atoms with Crippen LogP contribution in [0.3, 0.4) is 0 Å². The number of hydrogen-bond donors (Lipinski definition) is 2. The Labute approximate surface area is 187 Å². The molecule has 0 aliphatic heterocycles. The van der Waals surface area contributed by atoms with E-state index in [-0.39, 0.29) is 16.3 Å². The summed E-state index contributed by atoms with van der Waals surface area (Å²) >= 11 is 0. The highest BCUT2D eigenvalue weighted by molar-refractivity contribution is 7.92. The summed E-state index contributed by atoms with van der Waals surface area (Å²) in [6.45, 7) is 0.660. The predicted octanol–water partition coefficient (Wildman–Crippen LogP) is 4.09. The molecule has 32 heavy (non-hydrogen) atoms. The molecule has 8 nitrogen and oxygen atoms in total. The van der Waals surface area contributed by atoms with Crippen LogP contribution in [0.15, 0.2) is 59.6 Å². The van der Waals surface area contributed by atoms with E-state index in [0.717, 1.165) is 0 Å². The van der Waals surface area contributed by atoms with Gasteiger partial charge in [0.1, 0.15) is 23.2 Å². The molecule has 166 valence electrons. The van der Waals surface area contributed by atoms with Gasteiger partial charge < -0.3 is 10.5 Å². The van der Waals surface area contributed by atoms with Gasteiger partial charge in [0.05, 0.1) is 29.1 Å². The SMILES string of the molecule is N#Cc1cnn(-c2ccccc2NS(=O)(=O)c2ccc(OCC3CCCCC3)cc2)c1N. The van der Waals surface area contributed by atoms with E-state index in [1.165, 1.54) is 55.1 Å². The molecule has 1 saturated carbocycles. The van der Waals surface area contributed by atoms with Crippen LogP contribution in [0.2, 0.25) is 0 Å². The normalized spacial score (nSPS) is 14.6. The highest BCUT2D eigenvalue weighted by Gasteiger charge is 2.19. The quantitative estimate of drug-likeness (QED) is 0.558. The summed E-state index contributed by atoms with van der Waals surface area (Å²) < 4.78 is 35.8. The average molecular weight is 452 g/mol. The first-order valence-electron chi connectivity index (χ1n) is 10.6. The summed E-state index contributed by atoms with van der Waals surface area (Å²) in [7, 11) is -3.86. The molecule has 4 rings (SSSR count). The van der Waals surface area contributed by atoms with Gasteiger partial charge in [0.2, 0.25) is 0 Å². The number of rotatable bonds is 7. The first-order valence-corrected chi connectivity index (χ1v) is 12.0. The van der Waals surface area contributed by atoms with Crippen LogP contribution in [0.25, 0.3) is 5.69 Å². The Kier molecular flexibility index (Phi) is 6.32. The van der Waals surface area contributed by atoms with Crippen LogP contribution in [0, 0.1) is 17.2 Å². The molecule has 3 aromatic rings. The summed E-state index contributed by atoms with van der Waals surface area (Å²) in [6, 6.07) is 15.1. The second-order valence-corrected chi connectivity index (χ2v) is 9.56. The average Bonchev–Trinajstić information content (AvgIpc) is 3.19. The number of aromatic nitrogens is 2. The second-order valence-electron chi connectivity index (χ2n) is 7.88. The minimum absolute atomic E-state index is 0.114. The van der Waals surface area contributed by atoms with E-state index in [1.54, 1.807) is 36.4 Å². The zero-order chi connectivity index (χ0) is 22.6. The molecule has 0 unspecified atom stereocenters. The van der Waals surface area contributed by atoms with Crippen LogP contribution >= 0.6 is 0 Å². The summed E-state index contributed by atoms with van der Waals surface area (Å²) in [6.07, 6.45) is 7.51. The molecule has 0 saturated heterocycles. The number of nitrogens with two attached hydrogens (primary N) is 1. The van der Waals surface area contributed by atoms with E-state index in [1.807, 2.05) is 6.07 Å². The minimum atomic E-state index is -3.86. The van der Waals surface area contributed by atoms with Crippen LogP contribution in [-0.2, 0) is 10.0 Å². The summed E-state index contributed by atoms with van der Waals surface area (Å²) in [5.74, 6) is 1.36. The van der Waals surface area contributed by atoms with Crippen LogP contribution in [0.1, 0.15) is 37.7 Å². The Bertz CT molecular complexity index is 1220. The lowest BCUT2D eigenvalue weighted by Gasteiger charge is -2.21. The number of nitrogens with one attached hydrogen (secondary N) is 1. The number of nitriles is 1. The number of para-hydroxylation sites is 2. The maximum atomic E-state index is 13.0. The first kappa shape index (κ1) is 21.7. The molecule has 1 aromatic heterocycles. The Morgan fingerprint density at radius 3 is 2.53 bits per heavy atom. The zero-order valence-corrected chi connectivity index (χ0v) is 18.4. The molecule has 0 bridgehead atoms. The van der Waals surface area contributed by atoms with Gasteiger partial charge in [-0.2, -0.15) is 10.4 Å². The van der Waals surface area contributed by atoms with E-state index >= 15 is 0 Å². The smallest absolute Gasteiger partial charge is 0.261 e. The van der Waals surface area contributed by atoms with Crippen molar-refractivity contribution in [3.8, 4) is 17.5 Å². The Morgan fingerprint density at radius 1 is 1.12 bits per heavy atom. The fourth-order valence-electron chi connectivity index (χ4n) is 3.87. The largest absolute Gasteiger partial charge is 0.493 e. The number of hydrogen-bond acceptors (Lipinski definition) is 6. The van der Waals surface area contributed by atoms with Gasteiger partial charge in [-0.25, -0.2) is 13.1 Å². The highest BCUT2D eigenvalue weighted by atomic mass is 32.2. The molecule has 3 N–H and O–H groups in total. The molecular formula is C23H25N5O3S. The van der Waals surface area contributed by atoms with Crippen molar-refractivity contribution in [2.45, 2.75) is 37.0 Å². The zero-order valence-electron chi connectivity index (χ0n) is 17.6. The molecular weight excluding hydrogens is 426 g/mol. The molecule has 1 heterocycles. The molecule has 0 atom stereocenters. The van der Waals surface area contributed by atoms with Crippen LogP contribution in [-0.4, -0.2) is 24.8 Å². The summed E-state index contributed by atoms with van der Waals surface area (Å²) in [5, 5.41) is 13.2.